The molecule has 0 heterocycles. The fraction of sp³-hybridized carbons (Fsp3) is 0.105. The Morgan fingerprint density at radius 2 is 1.52 bits per heavy atom. The molecule has 2 aromatic rings. The van der Waals surface area contributed by atoms with Crippen LogP contribution in [0.3, 0.4) is 0 Å². The zero-order chi connectivity index (χ0) is 19.9. The van der Waals surface area contributed by atoms with Gasteiger partial charge in [0.15, 0.2) is 5.57 Å². The van der Waals surface area contributed by atoms with E-state index in [0.29, 0.717) is 5.69 Å². The van der Waals surface area contributed by atoms with Crippen molar-refractivity contribution >= 4 is 15.7 Å². The van der Waals surface area contributed by atoms with E-state index < -0.39 is 16.1 Å². The van der Waals surface area contributed by atoms with Crippen LogP contribution in [0.4, 0.5) is 5.69 Å². The van der Waals surface area contributed by atoms with Gasteiger partial charge < -0.3 is 5.32 Å². The predicted molar refractivity (Wildman–Crippen MR) is 99.1 cm³/mol. The van der Waals surface area contributed by atoms with Crippen molar-refractivity contribution in [1.29, 1.82) is 15.8 Å². The summed E-state index contributed by atoms with van der Waals surface area (Å²) in [5.41, 5.74) is 0.660. The Morgan fingerprint density at radius 3 is 2.04 bits per heavy atom. The van der Waals surface area contributed by atoms with Crippen molar-refractivity contribution in [2.75, 3.05) is 5.32 Å². The highest BCUT2D eigenvalue weighted by molar-refractivity contribution is 7.89. The molecule has 27 heavy (non-hydrogen) atoms. The van der Waals surface area contributed by atoms with Crippen LogP contribution in [0.5, 0.6) is 0 Å². The van der Waals surface area contributed by atoms with Crippen molar-refractivity contribution < 1.29 is 8.42 Å². The van der Waals surface area contributed by atoms with Crippen LogP contribution in [0.1, 0.15) is 18.5 Å². The average molecular weight is 377 g/mol. The van der Waals surface area contributed by atoms with E-state index in [4.69, 9.17) is 15.8 Å². The van der Waals surface area contributed by atoms with Gasteiger partial charge in [-0.3, -0.25) is 0 Å². The van der Waals surface area contributed by atoms with Crippen LogP contribution in [0.2, 0.25) is 0 Å². The minimum atomic E-state index is -3.74. The summed E-state index contributed by atoms with van der Waals surface area (Å²) < 4.78 is 27.7. The van der Waals surface area contributed by atoms with Crippen molar-refractivity contribution in [3.05, 3.63) is 71.4 Å². The van der Waals surface area contributed by atoms with Crippen LogP contribution in [0.15, 0.2) is 70.8 Å². The third-order valence-electron chi connectivity index (χ3n) is 3.65. The van der Waals surface area contributed by atoms with E-state index in [1.807, 2.05) is 30.3 Å². The topological polar surface area (TPSA) is 130 Å². The standard InChI is InChI=1S/C19H15N5O2S/c1-14(15-5-3-2-4-6-15)24-27(25,26)18-9-7-17(8-10-18)23-19(13-22)16(11-20)12-21/h2-10,14,23-24H,1H3. The molecule has 0 aliphatic rings. The zero-order valence-electron chi connectivity index (χ0n) is 14.3. The minimum absolute atomic E-state index is 0.0547. The van der Waals surface area contributed by atoms with E-state index in [1.165, 1.54) is 24.3 Å². The first-order chi connectivity index (χ1) is 12.9. The third kappa shape index (κ3) is 4.93. The second-order valence-corrected chi connectivity index (χ2v) is 7.20. The minimum Gasteiger partial charge on any atom is -0.345 e. The number of anilines is 1. The van der Waals surface area contributed by atoms with Gasteiger partial charge in [0.25, 0.3) is 0 Å². The van der Waals surface area contributed by atoms with Crippen LogP contribution < -0.4 is 10.0 Å². The lowest BCUT2D eigenvalue weighted by molar-refractivity contribution is 0.567. The summed E-state index contributed by atoms with van der Waals surface area (Å²) in [6.45, 7) is 1.75. The van der Waals surface area contributed by atoms with Gasteiger partial charge in [-0.25, -0.2) is 13.1 Å². The Labute approximate surface area is 157 Å². The quantitative estimate of drug-likeness (QED) is 0.744. The molecule has 0 bridgehead atoms. The van der Waals surface area contributed by atoms with Gasteiger partial charge in [0, 0.05) is 11.7 Å². The molecule has 7 nitrogen and oxygen atoms in total. The average Bonchev–Trinajstić information content (AvgIpc) is 2.68. The molecule has 134 valence electrons. The van der Waals surface area contributed by atoms with Crippen LogP contribution in [-0.4, -0.2) is 8.42 Å². The van der Waals surface area contributed by atoms with Crippen molar-refractivity contribution in [3.63, 3.8) is 0 Å². The molecule has 1 unspecified atom stereocenters. The van der Waals surface area contributed by atoms with Gasteiger partial charge in [-0.1, -0.05) is 30.3 Å². The molecule has 0 aliphatic carbocycles. The summed E-state index contributed by atoms with van der Waals surface area (Å²) in [6.07, 6.45) is 0. The number of sulfonamides is 1. The van der Waals surface area contributed by atoms with Gasteiger partial charge in [0.05, 0.1) is 4.90 Å². The molecule has 2 N–H and O–H groups in total. The molecule has 0 aliphatic heterocycles. The van der Waals surface area contributed by atoms with Crippen molar-refractivity contribution in [2.24, 2.45) is 0 Å². The maximum Gasteiger partial charge on any atom is 0.241 e. The Morgan fingerprint density at radius 1 is 0.926 bits per heavy atom. The van der Waals surface area contributed by atoms with Crippen LogP contribution in [0, 0.1) is 34.0 Å². The van der Waals surface area contributed by atoms with Crippen molar-refractivity contribution in [1.82, 2.24) is 4.72 Å². The Hall–Kier alpha value is -3.64. The first kappa shape index (κ1) is 19.7. The van der Waals surface area contributed by atoms with E-state index >= 15 is 0 Å². The van der Waals surface area contributed by atoms with E-state index in [-0.39, 0.29) is 16.2 Å². The Balaban J connectivity index is 2.19. The highest BCUT2D eigenvalue weighted by atomic mass is 32.2. The lowest BCUT2D eigenvalue weighted by Crippen LogP contribution is -2.26. The lowest BCUT2D eigenvalue weighted by Gasteiger charge is -2.15. The zero-order valence-corrected chi connectivity index (χ0v) is 15.2. The van der Waals surface area contributed by atoms with Crippen LogP contribution in [-0.2, 0) is 10.0 Å². The lowest BCUT2D eigenvalue weighted by atomic mass is 10.1. The molecule has 0 saturated carbocycles. The number of hydrogen-bond donors (Lipinski definition) is 2. The van der Waals surface area contributed by atoms with Crippen molar-refractivity contribution in [3.8, 4) is 18.2 Å². The second-order valence-electron chi connectivity index (χ2n) is 5.49. The monoisotopic (exact) mass is 377 g/mol. The fourth-order valence-electron chi connectivity index (χ4n) is 2.26. The highest BCUT2D eigenvalue weighted by Crippen LogP contribution is 2.19. The third-order valence-corrected chi connectivity index (χ3v) is 5.21. The van der Waals surface area contributed by atoms with E-state index in [1.54, 1.807) is 25.1 Å². The SMILES string of the molecule is CC(NS(=O)(=O)c1ccc(NC(C#N)=C(C#N)C#N)cc1)c1ccccc1. The molecule has 1 atom stereocenters. The number of hydrogen-bond acceptors (Lipinski definition) is 6. The summed E-state index contributed by atoms with van der Waals surface area (Å²) in [6, 6.07) is 19.4. The number of nitrogens with one attached hydrogen (secondary N) is 2. The largest absolute Gasteiger partial charge is 0.345 e. The van der Waals surface area contributed by atoms with Crippen LogP contribution >= 0.6 is 0 Å². The van der Waals surface area contributed by atoms with Gasteiger partial charge in [-0.2, -0.15) is 15.8 Å². The highest BCUT2D eigenvalue weighted by Gasteiger charge is 2.18. The summed E-state index contributed by atoms with van der Waals surface area (Å²) in [4.78, 5) is 0.0547. The van der Waals surface area contributed by atoms with Crippen molar-refractivity contribution in [2.45, 2.75) is 17.9 Å². The van der Waals surface area contributed by atoms with Gasteiger partial charge >= 0.3 is 0 Å². The molecular formula is C19H15N5O2S. The molecule has 0 saturated heterocycles. The molecule has 8 heteroatoms. The Bertz CT molecular complexity index is 1050. The molecule has 2 aromatic carbocycles. The van der Waals surface area contributed by atoms with Crippen LogP contribution in [0.25, 0.3) is 0 Å². The molecule has 0 spiro atoms. The first-order valence-corrected chi connectivity index (χ1v) is 9.28. The molecule has 0 radical (unpaired) electrons. The number of benzene rings is 2. The fourth-order valence-corrected chi connectivity index (χ4v) is 3.49. The molecule has 0 aromatic heterocycles. The van der Waals surface area contributed by atoms with Gasteiger partial charge in [0.1, 0.15) is 23.9 Å². The number of rotatable bonds is 6. The Kier molecular flexibility index (Phi) is 6.30. The van der Waals surface area contributed by atoms with E-state index in [9.17, 15) is 8.42 Å². The van der Waals surface area contributed by atoms with E-state index in [0.717, 1.165) is 5.56 Å². The smallest absolute Gasteiger partial charge is 0.241 e. The summed E-state index contributed by atoms with van der Waals surface area (Å²) in [5, 5.41) is 29.3. The number of nitriles is 3. The number of allylic oxidation sites excluding steroid dienone is 2. The van der Waals surface area contributed by atoms with Gasteiger partial charge in [-0.05, 0) is 36.8 Å². The second kappa shape index (κ2) is 8.64. The number of nitrogens with zero attached hydrogens (tertiary/aromatic N) is 3. The first-order valence-electron chi connectivity index (χ1n) is 7.80. The maximum atomic E-state index is 12.5. The van der Waals surface area contributed by atoms with E-state index in [2.05, 4.69) is 10.0 Å². The maximum absolute atomic E-state index is 12.5. The molecule has 0 amide bonds. The summed E-state index contributed by atoms with van der Waals surface area (Å²) in [5.74, 6) is 0. The predicted octanol–water partition coefficient (Wildman–Crippen LogP) is 2.96. The van der Waals surface area contributed by atoms with Gasteiger partial charge in [-0.15, -0.1) is 0 Å². The summed E-state index contributed by atoms with van der Waals surface area (Å²) >= 11 is 0. The van der Waals surface area contributed by atoms with Gasteiger partial charge in [0.2, 0.25) is 10.0 Å². The summed E-state index contributed by atoms with van der Waals surface area (Å²) in [7, 11) is -3.74. The molecule has 2 rings (SSSR count). The molecular weight excluding hydrogens is 362 g/mol. The molecule has 0 fully saturated rings. The normalized spacial score (nSPS) is 11.3.